The van der Waals surface area contributed by atoms with Crippen LogP contribution in [-0.4, -0.2) is 11.7 Å². The van der Waals surface area contributed by atoms with Crippen molar-refractivity contribution >= 4 is 5.90 Å². The molecule has 1 saturated carbocycles. The molecule has 2 bridgehead atoms. The highest BCUT2D eigenvalue weighted by Gasteiger charge is 2.80. The van der Waals surface area contributed by atoms with Crippen molar-refractivity contribution in [3.8, 4) is 18.2 Å². The fraction of sp³-hybridized carbons (Fsp3) is 0.474. The van der Waals surface area contributed by atoms with E-state index in [0.29, 0.717) is 18.4 Å². The molecule has 1 aliphatic carbocycles. The van der Waals surface area contributed by atoms with Crippen LogP contribution >= 0.6 is 0 Å². The zero-order valence-electron chi connectivity index (χ0n) is 13.5. The highest BCUT2D eigenvalue weighted by Crippen LogP contribution is 2.69. The van der Waals surface area contributed by atoms with Gasteiger partial charge >= 0.3 is 0 Å². The smallest absolute Gasteiger partial charge is 0.218 e. The second kappa shape index (κ2) is 5.06. The number of fused-ring (bicyclic) bond motifs is 2. The third-order valence-electron chi connectivity index (χ3n) is 5.92. The Hall–Kier alpha value is -2.88. The minimum Gasteiger partial charge on any atom is -0.447 e. The summed E-state index contributed by atoms with van der Waals surface area (Å²) in [4.78, 5) is 0. The fourth-order valence-electron chi connectivity index (χ4n) is 4.77. The van der Waals surface area contributed by atoms with E-state index in [0.717, 1.165) is 12.8 Å². The molecular formula is C19H16N4O2. The second-order valence-electron chi connectivity index (χ2n) is 6.90. The first-order valence-corrected chi connectivity index (χ1v) is 8.35. The van der Waals surface area contributed by atoms with Crippen LogP contribution in [0, 0.1) is 56.2 Å². The fourth-order valence-corrected chi connectivity index (χ4v) is 4.77. The number of nitrogens with zero attached hydrogens (tertiary/aromatic N) is 3. The van der Waals surface area contributed by atoms with Gasteiger partial charge in [0.25, 0.3) is 0 Å². The molecule has 25 heavy (non-hydrogen) atoms. The molecule has 0 radical (unpaired) electrons. The molecule has 1 aromatic carbocycles. The van der Waals surface area contributed by atoms with Crippen molar-refractivity contribution in [2.75, 3.05) is 0 Å². The molecule has 5 rings (SSSR count). The van der Waals surface area contributed by atoms with Gasteiger partial charge in [0.1, 0.15) is 6.10 Å². The van der Waals surface area contributed by atoms with Crippen LogP contribution in [0.2, 0.25) is 0 Å². The predicted molar refractivity (Wildman–Crippen MR) is 85.5 cm³/mol. The van der Waals surface area contributed by atoms with Gasteiger partial charge in [-0.25, -0.2) is 0 Å². The van der Waals surface area contributed by atoms with E-state index in [1.807, 2.05) is 18.2 Å². The van der Waals surface area contributed by atoms with Gasteiger partial charge in [-0.3, -0.25) is 5.41 Å². The first kappa shape index (κ1) is 15.6. The van der Waals surface area contributed by atoms with E-state index in [1.165, 1.54) is 0 Å². The van der Waals surface area contributed by atoms with Crippen molar-refractivity contribution in [1.82, 2.24) is 0 Å². The Balaban J connectivity index is 2.02. The lowest BCUT2D eigenvalue weighted by Gasteiger charge is -2.63. The molecule has 3 aliphatic heterocycles. The molecule has 6 nitrogen and oxygen atoms in total. The first-order valence-electron chi connectivity index (χ1n) is 8.35. The molecule has 4 fully saturated rings. The molecule has 3 heterocycles. The van der Waals surface area contributed by atoms with Gasteiger partial charge in [-0.15, -0.1) is 0 Å². The van der Waals surface area contributed by atoms with E-state index in [4.69, 9.17) is 14.9 Å². The van der Waals surface area contributed by atoms with Gasteiger partial charge in [-0.2, -0.15) is 15.8 Å². The lowest BCUT2D eigenvalue weighted by molar-refractivity contribution is -0.360. The molecule has 0 unspecified atom stereocenters. The average Bonchev–Trinajstić information content (AvgIpc) is 2.66. The Morgan fingerprint density at radius 2 is 1.76 bits per heavy atom. The van der Waals surface area contributed by atoms with Crippen molar-refractivity contribution in [1.29, 1.82) is 21.2 Å². The van der Waals surface area contributed by atoms with Crippen LogP contribution in [0.1, 0.15) is 37.4 Å². The number of nitrogens with one attached hydrogen (secondary N) is 1. The molecule has 0 amide bonds. The maximum atomic E-state index is 10.1. The van der Waals surface area contributed by atoms with Gasteiger partial charge in [-0.05, 0) is 18.4 Å². The minimum absolute atomic E-state index is 0.323. The summed E-state index contributed by atoms with van der Waals surface area (Å²) in [6.45, 7) is 0. The molecular weight excluding hydrogens is 316 g/mol. The van der Waals surface area contributed by atoms with Crippen LogP contribution in [0.4, 0.5) is 0 Å². The maximum Gasteiger partial charge on any atom is 0.218 e. The van der Waals surface area contributed by atoms with Crippen molar-refractivity contribution in [3.05, 3.63) is 35.9 Å². The molecule has 4 atom stereocenters. The second-order valence-corrected chi connectivity index (χ2v) is 6.90. The molecule has 1 aromatic rings. The average molecular weight is 332 g/mol. The highest BCUT2D eigenvalue weighted by atomic mass is 16.7. The van der Waals surface area contributed by atoms with Crippen molar-refractivity contribution in [2.45, 2.75) is 37.6 Å². The van der Waals surface area contributed by atoms with Crippen molar-refractivity contribution in [3.63, 3.8) is 0 Å². The topological polar surface area (TPSA) is 114 Å². The normalized spacial score (nSPS) is 37.7. The quantitative estimate of drug-likeness (QED) is 0.848. The van der Waals surface area contributed by atoms with E-state index in [2.05, 4.69) is 18.2 Å². The summed E-state index contributed by atoms with van der Waals surface area (Å²) in [5, 5.41) is 38.7. The SMILES string of the molecule is N#CC1(C#N)[C@@H]2CCCC[C@@]23OC(=N)[C@@]1(C#N)[C@@H](c1ccccc1)O3. The third kappa shape index (κ3) is 1.62. The van der Waals surface area contributed by atoms with E-state index in [1.54, 1.807) is 12.1 Å². The Bertz CT molecular complexity index is 848. The number of rotatable bonds is 1. The summed E-state index contributed by atoms with van der Waals surface area (Å²) in [5.74, 6) is -2.05. The molecule has 124 valence electrons. The summed E-state index contributed by atoms with van der Waals surface area (Å²) in [5.41, 5.74) is -2.77. The molecule has 6 heteroatoms. The Morgan fingerprint density at radius 3 is 2.40 bits per heavy atom. The monoisotopic (exact) mass is 332 g/mol. The van der Waals surface area contributed by atoms with E-state index in [-0.39, 0.29) is 5.90 Å². The Labute approximate surface area is 145 Å². The van der Waals surface area contributed by atoms with Crippen LogP contribution in [0.25, 0.3) is 0 Å². The number of hydrogen-bond donors (Lipinski definition) is 1. The van der Waals surface area contributed by atoms with Crippen LogP contribution in [0.3, 0.4) is 0 Å². The molecule has 0 aromatic heterocycles. The zero-order valence-corrected chi connectivity index (χ0v) is 13.5. The zero-order chi connectivity index (χ0) is 17.7. The maximum absolute atomic E-state index is 10.1. The summed E-state index contributed by atoms with van der Waals surface area (Å²) >= 11 is 0. The number of nitriles is 3. The van der Waals surface area contributed by atoms with E-state index in [9.17, 15) is 15.8 Å². The summed E-state index contributed by atoms with van der Waals surface area (Å²) in [7, 11) is 0. The van der Waals surface area contributed by atoms with Gasteiger partial charge < -0.3 is 9.47 Å². The lowest BCUT2D eigenvalue weighted by Crippen LogP contribution is -2.73. The molecule has 4 aliphatic rings. The van der Waals surface area contributed by atoms with Crippen LogP contribution < -0.4 is 0 Å². The number of ether oxygens (including phenoxy) is 2. The number of hydrogen-bond acceptors (Lipinski definition) is 6. The largest absolute Gasteiger partial charge is 0.447 e. The third-order valence-corrected chi connectivity index (χ3v) is 5.92. The summed E-state index contributed by atoms with van der Waals surface area (Å²) < 4.78 is 12.1. The van der Waals surface area contributed by atoms with Gasteiger partial charge in [0.2, 0.25) is 11.7 Å². The Morgan fingerprint density at radius 1 is 1.04 bits per heavy atom. The molecule has 1 spiro atoms. The summed E-state index contributed by atoms with van der Waals surface area (Å²) in [6.07, 6.45) is 1.87. The predicted octanol–water partition coefficient (Wildman–Crippen LogP) is 3.20. The first-order chi connectivity index (χ1) is 12.1. The van der Waals surface area contributed by atoms with Crippen LogP contribution in [0.15, 0.2) is 30.3 Å². The van der Waals surface area contributed by atoms with E-state index >= 15 is 0 Å². The number of benzene rings is 1. The van der Waals surface area contributed by atoms with Crippen LogP contribution in [0.5, 0.6) is 0 Å². The minimum atomic E-state index is -1.78. The van der Waals surface area contributed by atoms with Crippen LogP contribution in [-0.2, 0) is 9.47 Å². The van der Waals surface area contributed by atoms with E-state index < -0.39 is 28.6 Å². The van der Waals surface area contributed by atoms with Gasteiger partial charge in [0, 0.05) is 6.42 Å². The van der Waals surface area contributed by atoms with Gasteiger partial charge in [0.15, 0.2) is 10.8 Å². The van der Waals surface area contributed by atoms with Crippen molar-refractivity contribution < 1.29 is 9.47 Å². The molecule has 1 N–H and O–H groups in total. The standard InChI is InChI=1S/C19H16N4O2/c20-10-17(11-21)14-8-4-5-9-19(14)24-15(13-6-2-1-3-7-13)18(17,12-22)16(23)25-19/h1-3,6-7,14-15,23H,4-5,8-9H2/t14-,15+,18+,19+/m0/s1. The molecule has 3 saturated heterocycles. The lowest BCUT2D eigenvalue weighted by atomic mass is 9.48. The van der Waals surface area contributed by atoms with Gasteiger partial charge in [-0.1, -0.05) is 36.8 Å². The van der Waals surface area contributed by atoms with Crippen molar-refractivity contribution in [2.24, 2.45) is 16.7 Å². The Kier molecular flexibility index (Phi) is 3.16. The summed E-state index contributed by atoms with van der Waals surface area (Å²) in [6, 6.07) is 15.4. The van der Waals surface area contributed by atoms with Gasteiger partial charge in [0.05, 0.1) is 24.1 Å². The highest BCUT2D eigenvalue weighted by molar-refractivity contribution is 5.89.